The lowest BCUT2D eigenvalue weighted by Crippen LogP contribution is -2.39. The molecule has 1 saturated heterocycles. The third-order valence-corrected chi connectivity index (χ3v) is 7.86. The number of likely N-dealkylation sites (N-methyl/N-ethyl adjacent to an activating group) is 1. The van der Waals surface area contributed by atoms with Gasteiger partial charge in [-0.1, -0.05) is 61.4 Å². The number of rotatable bonds is 16. The average molecular weight is 621 g/mol. The number of amides is 1. The van der Waals surface area contributed by atoms with Crippen molar-refractivity contribution in [3.05, 3.63) is 95.1 Å². The SMILES string of the molecule is CN(C[C@@H]1C[C@H](c2ccc(CO)cc2)O[C@H](c2cccc(NC(=O)CCCCCCC(=O)O)c2)O1)C[C@@H](O)c1cccc(O)c1. The van der Waals surface area contributed by atoms with Gasteiger partial charge in [-0.05, 0) is 60.8 Å². The van der Waals surface area contributed by atoms with Gasteiger partial charge in [0, 0.05) is 43.6 Å². The number of nitrogens with zero attached hydrogens (tertiary/aromatic N) is 1. The Morgan fingerprint density at radius 3 is 2.38 bits per heavy atom. The molecule has 242 valence electrons. The van der Waals surface area contributed by atoms with Gasteiger partial charge in [-0.3, -0.25) is 9.59 Å². The van der Waals surface area contributed by atoms with Crippen molar-refractivity contribution < 1.29 is 39.5 Å². The Bertz CT molecular complexity index is 1380. The maximum Gasteiger partial charge on any atom is 0.303 e. The van der Waals surface area contributed by atoms with Gasteiger partial charge < -0.3 is 40.1 Å². The van der Waals surface area contributed by atoms with E-state index in [-0.39, 0.29) is 36.9 Å². The van der Waals surface area contributed by atoms with Crippen LogP contribution in [0.2, 0.25) is 0 Å². The van der Waals surface area contributed by atoms with Gasteiger partial charge in [-0.2, -0.15) is 0 Å². The topological polar surface area (TPSA) is 149 Å². The first-order valence-electron chi connectivity index (χ1n) is 15.5. The molecule has 0 spiro atoms. The van der Waals surface area contributed by atoms with Crippen molar-refractivity contribution in [2.75, 3.05) is 25.5 Å². The molecule has 3 aromatic rings. The number of unbranched alkanes of at least 4 members (excludes halogenated alkanes) is 3. The Kier molecular flexibility index (Phi) is 12.9. The normalized spacial score (nSPS) is 18.9. The van der Waals surface area contributed by atoms with E-state index in [0.717, 1.165) is 29.5 Å². The lowest BCUT2D eigenvalue weighted by Gasteiger charge is -2.38. The summed E-state index contributed by atoms with van der Waals surface area (Å²) in [6.07, 6.45) is 1.92. The van der Waals surface area contributed by atoms with Gasteiger partial charge in [0.15, 0.2) is 6.29 Å². The van der Waals surface area contributed by atoms with Crippen LogP contribution in [0, 0.1) is 0 Å². The second kappa shape index (κ2) is 17.0. The van der Waals surface area contributed by atoms with Crippen molar-refractivity contribution in [3.8, 4) is 5.75 Å². The number of nitrogens with one attached hydrogen (secondary N) is 1. The number of hydrogen-bond acceptors (Lipinski definition) is 8. The van der Waals surface area contributed by atoms with Crippen molar-refractivity contribution in [1.29, 1.82) is 0 Å². The highest BCUT2D eigenvalue weighted by Gasteiger charge is 2.33. The summed E-state index contributed by atoms with van der Waals surface area (Å²) in [7, 11) is 1.91. The van der Waals surface area contributed by atoms with Gasteiger partial charge in [-0.15, -0.1) is 0 Å². The van der Waals surface area contributed by atoms with Crippen molar-refractivity contribution >= 4 is 17.6 Å². The van der Waals surface area contributed by atoms with E-state index in [2.05, 4.69) is 5.32 Å². The number of phenols is 1. The third-order valence-electron chi connectivity index (χ3n) is 7.86. The zero-order valence-corrected chi connectivity index (χ0v) is 25.7. The molecule has 5 N–H and O–H groups in total. The highest BCUT2D eigenvalue weighted by atomic mass is 16.7. The van der Waals surface area contributed by atoms with Crippen LogP contribution >= 0.6 is 0 Å². The molecule has 4 rings (SSSR count). The summed E-state index contributed by atoms with van der Waals surface area (Å²) in [5.74, 6) is -0.805. The number of carbonyl (C=O) groups is 2. The molecule has 1 aliphatic rings. The number of aromatic hydroxyl groups is 1. The van der Waals surface area contributed by atoms with Crippen molar-refractivity contribution in [2.24, 2.45) is 0 Å². The lowest BCUT2D eigenvalue weighted by molar-refractivity contribution is -0.252. The third kappa shape index (κ3) is 10.9. The fraction of sp³-hybridized carbons (Fsp3) is 0.429. The number of carbonyl (C=O) groups excluding carboxylic acids is 1. The van der Waals surface area contributed by atoms with E-state index >= 15 is 0 Å². The van der Waals surface area contributed by atoms with Crippen LogP contribution in [0.25, 0.3) is 0 Å². The van der Waals surface area contributed by atoms with E-state index < -0.39 is 18.4 Å². The molecule has 3 aromatic carbocycles. The summed E-state index contributed by atoms with van der Waals surface area (Å²) < 4.78 is 12.9. The Morgan fingerprint density at radius 1 is 0.933 bits per heavy atom. The number of aliphatic hydroxyl groups is 2. The average Bonchev–Trinajstić information content (AvgIpc) is 3.02. The smallest absolute Gasteiger partial charge is 0.303 e. The lowest BCUT2D eigenvalue weighted by atomic mass is 9.99. The first-order valence-corrected chi connectivity index (χ1v) is 15.5. The monoisotopic (exact) mass is 620 g/mol. The number of aliphatic hydroxyl groups excluding tert-OH is 2. The second-order valence-electron chi connectivity index (χ2n) is 11.7. The Balaban J connectivity index is 1.41. The summed E-state index contributed by atoms with van der Waals surface area (Å²) in [5.41, 5.74) is 3.79. The molecule has 1 amide bonds. The molecule has 1 fully saturated rings. The molecule has 0 aromatic heterocycles. The molecule has 45 heavy (non-hydrogen) atoms. The molecule has 10 nitrogen and oxygen atoms in total. The van der Waals surface area contributed by atoms with Gasteiger partial charge in [0.1, 0.15) is 5.75 Å². The highest BCUT2D eigenvalue weighted by Crippen LogP contribution is 2.38. The molecule has 0 saturated carbocycles. The summed E-state index contributed by atoms with van der Waals surface area (Å²) in [6.45, 7) is 0.811. The molecular weight excluding hydrogens is 576 g/mol. The quantitative estimate of drug-likeness (QED) is 0.132. The Hall–Kier alpha value is -3.80. The number of ether oxygens (including phenoxy) is 2. The van der Waals surface area contributed by atoms with Crippen LogP contribution in [-0.4, -0.2) is 63.4 Å². The molecule has 1 aliphatic heterocycles. The predicted molar refractivity (Wildman–Crippen MR) is 169 cm³/mol. The summed E-state index contributed by atoms with van der Waals surface area (Å²) in [5, 5.41) is 41.8. The highest BCUT2D eigenvalue weighted by molar-refractivity contribution is 5.90. The minimum absolute atomic E-state index is 0.0459. The molecular formula is C35H44N2O8. The van der Waals surface area contributed by atoms with Crippen LogP contribution in [0.4, 0.5) is 5.69 Å². The number of phenolic OH excluding ortho intramolecular Hbond substituents is 1. The van der Waals surface area contributed by atoms with Crippen molar-refractivity contribution in [2.45, 2.75) is 76.2 Å². The van der Waals surface area contributed by atoms with E-state index in [1.807, 2.05) is 60.5 Å². The van der Waals surface area contributed by atoms with E-state index in [9.17, 15) is 24.9 Å². The molecule has 0 aliphatic carbocycles. The minimum Gasteiger partial charge on any atom is -0.508 e. The fourth-order valence-electron chi connectivity index (χ4n) is 5.49. The van der Waals surface area contributed by atoms with E-state index in [0.29, 0.717) is 50.0 Å². The number of carboxylic acid groups (broad SMARTS) is 1. The van der Waals surface area contributed by atoms with Crippen LogP contribution < -0.4 is 5.32 Å². The number of carboxylic acids is 1. The molecule has 4 atom stereocenters. The van der Waals surface area contributed by atoms with Gasteiger partial charge >= 0.3 is 5.97 Å². The first kappa shape index (κ1) is 34.1. The maximum atomic E-state index is 12.6. The molecule has 0 bridgehead atoms. The summed E-state index contributed by atoms with van der Waals surface area (Å²) in [4.78, 5) is 25.2. The summed E-state index contributed by atoms with van der Waals surface area (Å²) in [6, 6.07) is 21.6. The van der Waals surface area contributed by atoms with Crippen molar-refractivity contribution in [3.63, 3.8) is 0 Å². The fourth-order valence-corrected chi connectivity index (χ4v) is 5.49. The second-order valence-corrected chi connectivity index (χ2v) is 11.7. The van der Waals surface area contributed by atoms with Gasteiger partial charge in [0.05, 0.1) is 24.9 Å². The molecule has 0 radical (unpaired) electrons. The van der Waals surface area contributed by atoms with E-state index in [4.69, 9.17) is 14.6 Å². The zero-order chi connectivity index (χ0) is 32.2. The Morgan fingerprint density at radius 2 is 1.67 bits per heavy atom. The van der Waals surface area contributed by atoms with Gasteiger partial charge in [-0.25, -0.2) is 0 Å². The minimum atomic E-state index is -0.799. The molecule has 0 unspecified atom stereocenters. The molecule has 1 heterocycles. The van der Waals surface area contributed by atoms with E-state index in [1.54, 1.807) is 24.3 Å². The number of aliphatic carboxylic acids is 1. The maximum absolute atomic E-state index is 12.6. The van der Waals surface area contributed by atoms with E-state index in [1.165, 1.54) is 0 Å². The first-order chi connectivity index (χ1) is 21.7. The van der Waals surface area contributed by atoms with Crippen LogP contribution in [0.3, 0.4) is 0 Å². The van der Waals surface area contributed by atoms with Crippen LogP contribution in [0.1, 0.15) is 85.7 Å². The van der Waals surface area contributed by atoms with Gasteiger partial charge in [0.2, 0.25) is 5.91 Å². The zero-order valence-electron chi connectivity index (χ0n) is 25.7. The number of hydrogen-bond donors (Lipinski definition) is 5. The number of anilines is 1. The standard InChI is InChI=1S/C35H44N2O8/c1-37(22-31(40)26-8-7-11-29(39)19-26)21-30-20-32(25-16-14-24(23-38)15-17-25)45-35(44-30)27-9-6-10-28(18-27)36-33(41)12-4-2-3-5-13-34(42)43/h6-11,14-19,30-32,35,38-40H,2-5,12-13,20-23H2,1H3,(H,36,41)(H,42,43)/t30-,31+,32+,35+/m0/s1. The predicted octanol–water partition coefficient (Wildman–Crippen LogP) is 5.46. The van der Waals surface area contributed by atoms with Crippen molar-refractivity contribution in [1.82, 2.24) is 4.90 Å². The number of benzene rings is 3. The van der Waals surface area contributed by atoms with Crippen LogP contribution in [-0.2, 0) is 25.7 Å². The van der Waals surface area contributed by atoms with Gasteiger partial charge in [0.25, 0.3) is 0 Å². The van der Waals surface area contributed by atoms with Crippen LogP contribution in [0.15, 0.2) is 72.8 Å². The Labute approximate surface area is 264 Å². The summed E-state index contributed by atoms with van der Waals surface area (Å²) >= 11 is 0. The van der Waals surface area contributed by atoms with Crippen LogP contribution in [0.5, 0.6) is 5.75 Å². The largest absolute Gasteiger partial charge is 0.508 e. The molecule has 10 heteroatoms.